The number of likely N-dealkylation sites (tertiary alicyclic amines) is 1. The highest BCUT2D eigenvalue weighted by Gasteiger charge is 2.56. The summed E-state index contributed by atoms with van der Waals surface area (Å²) in [4.78, 5) is 57.8. The number of amides is 4. The second kappa shape index (κ2) is 8.61. The molecule has 8 nitrogen and oxygen atoms in total. The molecule has 7 rings (SSSR count). The van der Waals surface area contributed by atoms with E-state index < -0.39 is 23.3 Å². The number of benzene rings is 2. The van der Waals surface area contributed by atoms with Gasteiger partial charge in [-0.3, -0.25) is 24.2 Å². The zero-order valence-electron chi connectivity index (χ0n) is 22.4. The van der Waals surface area contributed by atoms with Gasteiger partial charge in [-0.15, -0.1) is 0 Å². The van der Waals surface area contributed by atoms with E-state index in [2.05, 4.69) is 35.2 Å². The van der Waals surface area contributed by atoms with Crippen LogP contribution in [0.15, 0.2) is 53.3 Å². The van der Waals surface area contributed by atoms with Gasteiger partial charge in [-0.1, -0.05) is 36.4 Å². The Labute approximate surface area is 226 Å². The van der Waals surface area contributed by atoms with Crippen LogP contribution in [-0.4, -0.2) is 70.8 Å². The lowest BCUT2D eigenvalue weighted by atomic mass is 9.74. The molecule has 0 saturated carbocycles. The predicted molar refractivity (Wildman–Crippen MR) is 146 cm³/mol. The highest BCUT2D eigenvalue weighted by atomic mass is 16.2. The normalized spacial score (nSPS) is 24.0. The minimum Gasteiger partial charge on any atom is -0.312 e. The molecule has 2 aromatic carbocycles. The Bertz CT molecular complexity index is 1590. The van der Waals surface area contributed by atoms with Crippen LogP contribution in [-0.2, 0) is 35.4 Å². The lowest BCUT2D eigenvalue weighted by molar-refractivity contribution is -0.159. The van der Waals surface area contributed by atoms with Crippen molar-refractivity contribution in [3.63, 3.8) is 0 Å². The third-order valence-corrected chi connectivity index (χ3v) is 9.51. The minimum atomic E-state index is -1.42. The van der Waals surface area contributed by atoms with Crippen molar-refractivity contribution in [2.75, 3.05) is 33.7 Å². The van der Waals surface area contributed by atoms with Gasteiger partial charge in [0, 0.05) is 58.0 Å². The van der Waals surface area contributed by atoms with E-state index in [1.165, 1.54) is 30.6 Å². The molecule has 1 aromatic heterocycles. The van der Waals surface area contributed by atoms with Gasteiger partial charge in [0.15, 0.2) is 0 Å². The Hall–Kier alpha value is -3.78. The van der Waals surface area contributed by atoms with Crippen molar-refractivity contribution in [3.8, 4) is 0 Å². The van der Waals surface area contributed by atoms with E-state index >= 15 is 0 Å². The zero-order chi connectivity index (χ0) is 27.1. The fourth-order valence-electron chi connectivity index (χ4n) is 7.77. The van der Waals surface area contributed by atoms with E-state index in [4.69, 9.17) is 0 Å². The third kappa shape index (κ3) is 3.54. The molecule has 39 heavy (non-hydrogen) atoms. The van der Waals surface area contributed by atoms with E-state index in [1.54, 1.807) is 6.07 Å². The van der Waals surface area contributed by atoms with Gasteiger partial charge < -0.3 is 9.47 Å². The third-order valence-electron chi connectivity index (χ3n) is 9.51. The number of rotatable bonds is 4. The second-order valence-corrected chi connectivity index (χ2v) is 11.9. The maximum Gasteiger partial charge on any atom is 0.332 e. The Balaban J connectivity index is 1.30. The number of aryl methyl sites for hydroxylation is 2. The molecule has 0 N–H and O–H groups in total. The molecule has 0 spiro atoms. The lowest BCUT2D eigenvalue weighted by Gasteiger charge is -2.48. The Kier molecular flexibility index (Phi) is 5.36. The average Bonchev–Trinajstić information content (AvgIpc) is 3.36. The molecule has 0 radical (unpaired) electrons. The summed E-state index contributed by atoms with van der Waals surface area (Å²) in [5, 5.41) is 2.33. The van der Waals surface area contributed by atoms with Crippen molar-refractivity contribution < 1.29 is 14.4 Å². The van der Waals surface area contributed by atoms with Crippen LogP contribution in [0.3, 0.4) is 0 Å². The summed E-state index contributed by atoms with van der Waals surface area (Å²) in [6.07, 6.45) is 3.22. The van der Waals surface area contributed by atoms with Gasteiger partial charge in [-0.2, -0.15) is 0 Å². The maximum absolute atomic E-state index is 14.0. The van der Waals surface area contributed by atoms with Gasteiger partial charge in [-0.25, -0.2) is 4.79 Å². The van der Waals surface area contributed by atoms with E-state index in [-0.39, 0.29) is 30.4 Å². The first-order valence-electron chi connectivity index (χ1n) is 13.8. The molecule has 2 fully saturated rings. The summed E-state index contributed by atoms with van der Waals surface area (Å²) in [6.45, 7) is 2.24. The highest BCUT2D eigenvalue weighted by molar-refractivity contribution is 6.19. The van der Waals surface area contributed by atoms with Crippen molar-refractivity contribution in [3.05, 3.63) is 81.3 Å². The molecule has 4 heterocycles. The molecular formula is C31H32N4O4. The number of carbonyl (C=O) groups is 3. The monoisotopic (exact) mass is 524 g/mol. The van der Waals surface area contributed by atoms with Crippen LogP contribution >= 0.6 is 0 Å². The molecule has 200 valence electrons. The largest absolute Gasteiger partial charge is 0.332 e. The van der Waals surface area contributed by atoms with Crippen molar-refractivity contribution in [1.29, 1.82) is 0 Å². The molecule has 8 heteroatoms. The summed E-state index contributed by atoms with van der Waals surface area (Å²) >= 11 is 0. The SMILES string of the molecule is CN1C(=O)N(C)C(=O)C(Cc2ccc3c4c(cccc24)CC3)(CN2C[C@H]3C[C@H](C2)c2cccc(=O)n2C3)C1=O. The van der Waals surface area contributed by atoms with Gasteiger partial charge >= 0.3 is 6.03 Å². The predicted octanol–water partition coefficient (Wildman–Crippen LogP) is 2.80. The highest BCUT2D eigenvalue weighted by Crippen LogP contribution is 2.41. The smallest absolute Gasteiger partial charge is 0.312 e. The molecule has 2 atom stereocenters. The number of imide groups is 2. The fraction of sp³-hybridized carbons (Fsp3) is 0.419. The molecule has 1 aliphatic carbocycles. The first-order chi connectivity index (χ1) is 18.8. The number of nitrogens with zero attached hydrogens (tertiary/aromatic N) is 4. The van der Waals surface area contributed by atoms with Gasteiger partial charge in [0.25, 0.3) is 5.56 Å². The number of hydrogen-bond donors (Lipinski definition) is 0. The first-order valence-corrected chi connectivity index (χ1v) is 13.8. The Morgan fingerprint density at radius 3 is 2.31 bits per heavy atom. The van der Waals surface area contributed by atoms with Crippen LogP contribution in [0.4, 0.5) is 4.79 Å². The van der Waals surface area contributed by atoms with Crippen LogP contribution in [0.25, 0.3) is 10.8 Å². The average molecular weight is 525 g/mol. The number of hydrogen-bond acceptors (Lipinski definition) is 5. The number of urea groups is 1. The van der Waals surface area contributed by atoms with Crippen LogP contribution < -0.4 is 5.56 Å². The molecule has 3 aliphatic heterocycles. The number of piperidine rings is 1. The standard InChI is InChI=1S/C31H32N4O4/c1-32-28(37)31(29(38)33(2)30(32)39,14-22-12-11-21-10-9-20-5-3-6-24(22)27(20)21)18-34-15-19-13-23(17-34)25-7-4-8-26(36)35(25)16-19/h3-8,11-12,19,23H,9-10,13-18H2,1-2H3/t19-,23-/m1/s1. The molecule has 3 aromatic rings. The fourth-order valence-corrected chi connectivity index (χ4v) is 7.77. The van der Waals surface area contributed by atoms with Gasteiger partial charge in [0.2, 0.25) is 11.8 Å². The summed E-state index contributed by atoms with van der Waals surface area (Å²) in [7, 11) is 2.95. The van der Waals surface area contributed by atoms with Crippen LogP contribution in [0, 0.1) is 11.3 Å². The zero-order valence-corrected chi connectivity index (χ0v) is 22.4. The van der Waals surface area contributed by atoms with E-state index in [1.807, 2.05) is 16.7 Å². The molecule has 2 bridgehead atoms. The summed E-state index contributed by atoms with van der Waals surface area (Å²) < 4.78 is 1.88. The summed E-state index contributed by atoms with van der Waals surface area (Å²) in [5.74, 6) is -0.459. The van der Waals surface area contributed by atoms with Crippen molar-refractivity contribution in [2.24, 2.45) is 11.3 Å². The minimum absolute atomic E-state index is 0.0265. The summed E-state index contributed by atoms with van der Waals surface area (Å²) in [6, 6.07) is 15.4. The molecule has 4 amide bonds. The Morgan fingerprint density at radius 1 is 0.821 bits per heavy atom. The molecule has 2 saturated heterocycles. The number of carbonyl (C=O) groups excluding carboxylic acids is 3. The molecule has 4 aliphatic rings. The second-order valence-electron chi connectivity index (χ2n) is 11.9. The van der Waals surface area contributed by atoms with Crippen LogP contribution in [0.5, 0.6) is 0 Å². The van der Waals surface area contributed by atoms with E-state index in [0.29, 0.717) is 19.6 Å². The van der Waals surface area contributed by atoms with E-state index in [0.717, 1.165) is 45.7 Å². The summed E-state index contributed by atoms with van der Waals surface area (Å²) in [5.41, 5.74) is 3.21. The number of aromatic nitrogens is 1. The molecule has 0 unspecified atom stereocenters. The van der Waals surface area contributed by atoms with Gasteiger partial charge in [0.05, 0.1) is 0 Å². The Morgan fingerprint density at radius 2 is 1.54 bits per heavy atom. The quantitative estimate of drug-likeness (QED) is 0.491. The number of pyridine rings is 1. The molecular weight excluding hydrogens is 492 g/mol. The van der Waals surface area contributed by atoms with Crippen molar-refractivity contribution in [2.45, 2.75) is 38.1 Å². The first kappa shape index (κ1) is 24.3. The maximum atomic E-state index is 14.0. The van der Waals surface area contributed by atoms with Crippen molar-refractivity contribution >= 4 is 28.6 Å². The van der Waals surface area contributed by atoms with Crippen LogP contribution in [0.1, 0.15) is 34.7 Å². The lowest BCUT2D eigenvalue weighted by Crippen LogP contribution is -2.67. The van der Waals surface area contributed by atoms with E-state index in [9.17, 15) is 19.2 Å². The van der Waals surface area contributed by atoms with Crippen molar-refractivity contribution in [1.82, 2.24) is 19.3 Å². The van der Waals surface area contributed by atoms with Gasteiger partial charge in [0.1, 0.15) is 5.41 Å². The topological polar surface area (TPSA) is 82.9 Å². The number of barbiturate groups is 1. The number of fused-ring (bicyclic) bond motifs is 4. The van der Waals surface area contributed by atoms with Crippen LogP contribution in [0.2, 0.25) is 0 Å². The van der Waals surface area contributed by atoms with Gasteiger partial charge in [-0.05, 0) is 65.1 Å².